The van der Waals surface area contributed by atoms with Gasteiger partial charge >= 0.3 is 0 Å². The van der Waals surface area contributed by atoms with Gasteiger partial charge in [0.2, 0.25) is 0 Å². The van der Waals surface area contributed by atoms with Gasteiger partial charge in [-0.05, 0) is 29.5 Å². The van der Waals surface area contributed by atoms with E-state index in [1.807, 2.05) is 6.07 Å². The fourth-order valence-corrected chi connectivity index (χ4v) is 3.10. The first-order valence-corrected chi connectivity index (χ1v) is 7.00. The van der Waals surface area contributed by atoms with Gasteiger partial charge in [-0.1, -0.05) is 44.2 Å². The molecule has 0 radical (unpaired) electrons. The molecule has 0 aliphatic heterocycles. The van der Waals surface area contributed by atoms with Crippen molar-refractivity contribution in [2.45, 2.75) is 32.2 Å². The summed E-state index contributed by atoms with van der Waals surface area (Å²) in [7, 11) is 0. The van der Waals surface area contributed by atoms with Gasteiger partial charge < -0.3 is 0 Å². The monoisotopic (exact) mass is 260 g/mol. The average Bonchev–Trinajstić information content (AvgIpc) is 2.77. The maximum Gasteiger partial charge on any atom is 0.0559 e. The van der Waals surface area contributed by atoms with Crippen molar-refractivity contribution in [1.29, 1.82) is 0 Å². The molecule has 0 aliphatic carbocycles. The van der Waals surface area contributed by atoms with E-state index in [0.29, 0.717) is 0 Å². The van der Waals surface area contributed by atoms with Gasteiger partial charge in [0, 0.05) is 10.3 Å². The third kappa shape index (κ3) is 2.48. The third-order valence-corrected chi connectivity index (χ3v) is 4.37. The Hall–Kier alpha value is -1.16. The SMILES string of the molecule is Cc1cc(C(NN)C(C)(C)c2ccccc2)cs1. The molecule has 18 heavy (non-hydrogen) atoms. The van der Waals surface area contributed by atoms with Crippen LogP contribution >= 0.6 is 11.3 Å². The van der Waals surface area contributed by atoms with Gasteiger partial charge in [0.05, 0.1) is 6.04 Å². The Balaban J connectivity index is 2.38. The minimum absolute atomic E-state index is 0.0521. The van der Waals surface area contributed by atoms with E-state index in [2.05, 4.69) is 61.9 Å². The number of nitrogens with one attached hydrogen (secondary N) is 1. The predicted molar refractivity (Wildman–Crippen MR) is 78.6 cm³/mol. The molecule has 1 unspecified atom stereocenters. The van der Waals surface area contributed by atoms with Crippen LogP contribution in [0.1, 0.15) is 35.9 Å². The van der Waals surface area contributed by atoms with E-state index >= 15 is 0 Å². The van der Waals surface area contributed by atoms with E-state index in [-0.39, 0.29) is 11.5 Å². The Labute approximate surface area is 113 Å². The zero-order valence-corrected chi connectivity index (χ0v) is 11.9. The third-order valence-electron chi connectivity index (χ3n) is 3.49. The predicted octanol–water partition coefficient (Wildman–Crippen LogP) is 3.54. The van der Waals surface area contributed by atoms with Crippen LogP contribution in [-0.2, 0) is 5.41 Å². The first-order valence-electron chi connectivity index (χ1n) is 6.12. The normalized spacial score (nSPS) is 13.6. The summed E-state index contributed by atoms with van der Waals surface area (Å²) in [6.07, 6.45) is 0. The summed E-state index contributed by atoms with van der Waals surface area (Å²) >= 11 is 1.76. The zero-order chi connectivity index (χ0) is 13.2. The molecule has 2 aromatic rings. The van der Waals surface area contributed by atoms with Gasteiger partial charge in [-0.15, -0.1) is 11.3 Å². The molecule has 0 saturated carbocycles. The van der Waals surface area contributed by atoms with E-state index in [9.17, 15) is 0 Å². The number of hydrazine groups is 1. The fraction of sp³-hybridized carbons (Fsp3) is 0.333. The minimum Gasteiger partial charge on any atom is -0.271 e. The Kier molecular flexibility index (Phi) is 3.85. The maximum absolute atomic E-state index is 5.79. The van der Waals surface area contributed by atoms with Crippen molar-refractivity contribution in [1.82, 2.24) is 5.43 Å². The number of hydrogen-bond donors (Lipinski definition) is 2. The van der Waals surface area contributed by atoms with Crippen LogP contribution in [0, 0.1) is 6.92 Å². The summed E-state index contributed by atoms with van der Waals surface area (Å²) in [6, 6.07) is 12.8. The standard InChI is InChI=1S/C15H20N2S/c1-11-9-12(10-18-11)14(17-16)15(2,3)13-7-5-4-6-8-13/h4-10,14,17H,16H2,1-3H3. The molecule has 1 aromatic carbocycles. The van der Waals surface area contributed by atoms with Crippen LogP contribution in [0.5, 0.6) is 0 Å². The molecule has 0 spiro atoms. The van der Waals surface area contributed by atoms with Crippen molar-refractivity contribution in [3.8, 4) is 0 Å². The molecule has 1 atom stereocenters. The number of benzene rings is 1. The largest absolute Gasteiger partial charge is 0.271 e. The van der Waals surface area contributed by atoms with Crippen LogP contribution in [0.3, 0.4) is 0 Å². The highest BCUT2D eigenvalue weighted by atomic mass is 32.1. The number of thiophene rings is 1. The van der Waals surface area contributed by atoms with Crippen molar-refractivity contribution in [3.63, 3.8) is 0 Å². The Bertz CT molecular complexity index is 502. The number of aryl methyl sites for hydroxylation is 1. The molecule has 2 nitrogen and oxygen atoms in total. The molecular weight excluding hydrogens is 240 g/mol. The summed E-state index contributed by atoms with van der Waals surface area (Å²) in [5, 5.41) is 2.19. The van der Waals surface area contributed by atoms with Crippen LogP contribution in [0.4, 0.5) is 0 Å². The van der Waals surface area contributed by atoms with Gasteiger partial charge in [-0.25, -0.2) is 0 Å². The molecule has 1 aromatic heterocycles. The molecule has 0 bridgehead atoms. The summed E-state index contributed by atoms with van der Waals surface area (Å²) in [5.74, 6) is 5.79. The molecule has 0 saturated heterocycles. The van der Waals surface area contributed by atoms with Gasteiger partial charge in [0.25, 0.3) is 0 Å². The second kappa shape index (κ2) is 5.22. The first kappa shape index (κ1) is 13.3. The Morgan fingerprint density at radius 1 is 1.22 bits per heavy atom. The maximum atomic E-state index is 5.79. The van der Waals surface area contributed by atoms with Gasteiger partial charge in [-0.3, -0.25) is 11.3 Å². The Morgan fingerprint density at radius 3 is 2.39 bits per heavy atom. The van der Waals surface area contributed by atoms with Crippen LogP contribution in [0.25, 0.3) is 0 Å². The van der Waals surface area contributed by atoms with E-state index < -0.39 is 0 Å². The highest BCUT2D eigenvalue weighted by Crippen LogP contribution is 2.37. The highest BCUT2D eigenvalue weighted by Gasteiger charge is 2.32. The van der Waals surface area contributed by atoms with E-state index in [1.165, 1.54) is 16.0 Å². The second-order valence-corrected chi connectivity index (χ2v) is 6.29. The van der Waals surface area contributed by atoms with Crippen LogP contribution in [-0.4, -0.2) is 0 Å². The lowest BCUT2D eigenvalue weighted by Gasteiger charge is -2.34. The smallest absolute Gasteiger partial charge is 0.0559 e. The van der Waals surface area contributed by atoms with Crippen molar-refractivity contribution in [3.05, 3.63) is 57.8 Å². The van der Waals surface area contributed by atoms with Gasteiger partial charge in [0.15, 0.2) is 0 Å². The zero-order valence-electron chi connectivity index (χ0n) is 11.1. The first-order chi connectivity index (χ1) is 8.55. The van der Waals surface area contributed by atoms with Crippen molar-refractivity contribution in [2.75, 3.05) is 0 Å². The summed E-state index contributed by atoms with van der Waals surface area (Å²) < 4.78 is 0. The molecule has 1 heterocycles. The minimum atomic E-state index is -0.0521. The lowest BCUT2D eigenvalue weighted by atomic mass is 9.76. The molecule has 3 heteroatoms. The molecule has 96 valence electrons. The van der Waals surface area contributed by atoms with Crippen LogP contribution in [0.15, 0.2) is 41.8 Å². The molecule has 3 N–H and O–H groups in total. The van der Waals surface area contributed by atoms with Crippen molar-refractivity contribution >= 4 is 11.3 Å². The van der Waals surface area contributed by atoms with Crippen molar-refractivity contribution < 1.29 is 0 Å². The van der Waals surface area contributed by atoms with Gasteiger partial charge in [0.1, 0.15) is 0 Å². The number of hydrogen-bond acceptors (Lipinski definition) is 3. The summed E-state index contributed by atoms with van der Waals surface area (Å²) in [4.78, 5) is 1.31. The van der Waals surface area contributed by atoms with E-state index in [1.54, 1.807) is 11.3 Å². The molecule has 0 fully saturated rings. The van der Waals surface area contributed by atoms with Crippen LogP contribution in [0.2, 0.25) is 0 Å². The number of nitrogens with two attached hydrogens (primary N) is 1. The molecule has 0 aliphatic rings. The van der Waals surface area contributed by atoms with E-state index in [4.69, 9.17) is 5.84 Å². The van der Waals surface area contributed by atoms with Gasteiger partial charge in [-0.2, -0.15) is 0 Å². The quantitative estimate of drug-likeness (QED) is 0.652. The average molecular weight is 260 g/mol. The molecule has 2 rings (SSSR count). The Morgan fingerprint density at radius 2 is 1.89 bits per heavy atom. The topological polar surface area (TPSA) is 38.0 Å². The second-order valence-electron chi connectivity index (χ2n) is 5.18. The lowest BCUT2D eigenvalue weighted by Crippen LogP contribution is -2.40. The fourth-order valence-electron chi connectivity index (χ4n) is 2.37. The van der Waals surface area contributed by atoms with Crippen LogP contribution < -0.4 is 11.3 Å². The summed E-state index contributed by atoms with van der Waals surface area (Å²) in [5.41, 5.74) is 5.47. The summed E-state index contributed by atoms with van der Waals surface area (Å²) in [6.45, 7) is 6.57. The highest BCUT2D eigenvalue weighted by molar-refractivity contribution is 7.10. The molecule has 0 amide bonds. The number of rotatable bonds is 4. The molecular formula is C15H20N2S. The van der Waals surface area contributed by atoms with E-state index in [0.717, 1.165) is 0 Å². The van der Waals surface area contributed by atoms with Crippen molar-refractivity contribution in [2.24, 2.45) is 5.84 Å². The lowest BCUT2D eigenvalue weighted by molar-refractivity contribution is 0.353.